The number of hydrogen-bond donors (Lipinski definition) is 0. The highest BCUT2D eigenvalue weighted by atomic mass is 32.2. The number of benzene rings is 2. The summed E-state index contributed by atoms with van der Waals surface area (Å²) in [7, 11) is -6.57. The third-order valence-electron chi connectivity index (χ3n) is 3.41. The van der Waals surface area contributed by atoms with Gasteiger partial charge in [0, 0.05) is 0 Å². The van der Waals surface area contributed by atoms with E-state index in [4.69, 9.17) is 0 Å². The van der Waals surface area contributed by atoms with E-state index in [0.29, 0.717) is 22.1 Å². The van der Waals surface area contributed by atoms with Crippen molar-refractivity contribution in [3.05, 3.63) is 54.9 Å². The standard InChI is InChI=1S/C8H8N2O2S.C7H7N3O2S.2CH4/c1-13(11,12)10-6-9-7-4-2-3-5-8(7)10;1-13(11,12)10-7-5-3-2-4-6(7)8-9-10;;/h2-6H,1H3;2-5H,1H3;2*1H4. The van der Waals surface area contributed by atoms with Gasteiger partial charge in [-0.15, -0.1) is 9.19 Å². The number of rotatable bonds is 2. The van der Waals surface area contributed by atoms with Gasteiger partial charge in [0.15, 0.2) is 0 Å². The summed E-state index contributed by atoms with van der Waals surface area (Å²) in [6, 6.07) is 14.0. The molecule has 2 aromatic carbocycles. The molecule has 0 aliphatic rings. The van der Waals surface area contributed by atoms with E-state index in [0.717, 1.165) is 16.6 Å². The van der Waals surface area contributed by atoms with Gasteiger partial charge in [0.25, 0.3) is 10.0 Å². The van der Waals surface area contributed by atoms with Crippen LogP contribution in [0.5, 0.6) is 0 Å². The Balaban J connectivity index is 0.000000261. The van der Waals surface area contributed by atoms with Crippen LogP contribution in [0.2, 0.25) is 0 Å². The average molecular weight is 426 g/mol. The van der Waals surface area contributed by atoms with Crippen LogP contribution in [0.1, 0.15) is 14.9 Å². The van der Waals surface area contributed by atoms with E-state index in [1.54, 1.807) is 42.5 Å². The normalized spacial score (nSPS) is 11.2. The Morgan fingerprint density at radius 3 is 1.86 bits per heavy atom. The SMILES string of the molecule is C.C.CS(=O)(=O)n1cnc2ccccc21.CS(=O)(=O)n1nnc2ccccc21. The first-order chi connectivity index (χ1) is 12.2. The van der Waals surface area contributed by atoms with Crippen molar-refractivity contribution >= 4 is 42.1 Å². The lowest BCUT2D eigenvalue weighted by molar-refractivity contribution is 0.585. The summed E-state index contributed by atoms with van der Waals surface area (Å²) in [6.45, 7) is 0. The smallest absolute Gasteiger partial charge is 0.236 e. The maximum atomic E-state index is 11.2. The number of para-hydroxylation sites is 3. The first-order valence-corrected chi connectivity index (χ1v) is 11.0. The van der Waals surface area contributed by atoms with Crippen LogP contribution in [-0.2, 0) is 20.0 Å². The highest BCUT2D eigenvalue weighted by molar-refractivity contribution is 7.89. The van der Waals surface area contributed by atoms with Crippen LogP contribution in [0, 0.1) is 0 Å². The summed E-state index contributed by atoms with van der Waals surface area (Å²) in [4.78, 5) is 3.97. The number of fused-ring (bicyclic) bond motifs is 2. The molecule has 0 atom stereocenters. The van der Waals surface area contributed by atoms with Gasteiger partial charge in [0.2, 0.25) is 10.0 Å². The third kappa shape index (κ3) is 4.73. The predicted molar refractivity (Wildman–Crippen MR) is 111 cm³/mol. The van der Waals surface area contributed by atoms with E-state index in [9.17, 15) is 16.8 Å². The molecule has 2 aromatic heterocycles. The molecule has 0 amide bonds. The number of nitrogens with zero attached hydrogens (tertiary/aromatic N) is 5. The van der Waals surface area contributed by atoms with E-state index >= 15 is 0 Å². The van der Waals surface area contributed by atoms with Crippen molar-refractivity contribution in [1.29, 1.82) is 0 Å². The summed E-state index contributed by atoms with van der Waals surface area (Å²) in [5, 5.41) is 7.26. The summed E-state index contributed by atoms with van der Waals surface area (Å²) < 4.78 is 46.9. The minimum atomic E-state index is -3.34. The van der Waals surface area contributed by atoms with Crippen molar-refractivity contribution in [2.75, 3.05) is 12.5 Å². The summed E-state index contributed by atoms with van der Waals surface area (Å²) in [5.41, 5.74) is 2.39. The maximum Gasteiger partial charge on any atom is 0.252 e. The van der Waals surface area contributed by atoms with Crippen molar-refractivity contribution in [1.82, 2.24) is 23.4 Å². The monoisotopic (exact) mass is 425 g/mol. The van der Waals surface area contributed by atoms with E-state index in [1.165, 1.54) is 10.3 Å². The average Bonchev–Trinajstić information content (AvgIpc) is 3.19. The van der Waals surface area contributed by atoms with Gasteiger partial charge >= 0.3 is 0 Å². The molecule has 0 N–H and O–H groups in total. The molecule has 4 rings (SSSR count). The Morgan fingerprint density at radius 1 is 0.750 bits per heavy atom. The largest absolute Gasteiger partial charge is 0.252 e. The van der Waals surface area contributed by atoms with E-state index in [2.05, 4.69) is 15.3 Å². The van der Waals surface area contributed by atoms with Gasteiger partial charge in [0.05, 0.1) is 23.5 Å². The molecule has 0 radical (unpaired) electrons. The highest BCUT2D eigenvalue weighted by Crippen LogP contribution is 2.13. The van der Waals surface area contributed by atoms with Crippen LogP contribution in [0.3, 0.4) is 0 Å². The maximum absolute atomic E-state index is 11.2. The Morgan fingerprint density at radius 2 is 1.29 bits per heavy atom. The molecule has 2 heterocycles. The van der Waals surface area contributed by atoms with Gasteiger partial charge in [-0.3, -0.25) is 0 Å². The predicted octanol–water partition coefficient (Wildman–Crippen LogP) is 2.36. The van der Waals surface area contributed by atoms with Crippen molar-refractivity contribution in [2.24, 2.45) is 0 Å². The summed E-state index contributed by atoms with van der Waals surface area (Å²) in [5.74, 6) is 0. The zero-order chi connectivity index (χ0) is 18.9. The van der Waals surface area contributed by atoms with Crippen molar-refractivity contribution in [3.63, 3.8) is 0 Å². The third-order valence-corrected chi connectivity index (χ3v) is 5.32. The molecule has 0 spiro atoms. The topological polar surface area (TPSA) is 117 Å². The fourth-order valence-electron chi connectivity index (χ4n) is 2.29. The second-order valence-corrected chi connectivity index (χ2v) is 9.15. The van der Waals surface area contributed by atoms with Gasteiger partial charge in [-0.2, -0.15) is 0 Å². The number of aromatic nitrogens is 5. The fourth-order valence-corrected chi connectivity index (χ4v) is 3.70. The molecule has 152 valence electrons. The molecule has 0 unspecified atom stereocenters. The molecular weight excluding hydrogens is 402 g/mol. The van der Waals surface area contributed by atoms with Crippen molar-refractivity contribution in [3.8, 4) is 0 Å². The Kier molecular flexibility index (Phi) is 7.04. The van der Waals surface area contributed by atoms with Crippen LogP contribution in [-0.4, -0.2) is 52.7 Å². The molecule has 11 heteroatoms. The minimum Gasteiger partial charge on any atom is -0.236 e. The van der Waals surface area contributed by atoms with Crippen LogP contribution in [0.4, 0.5) is 0 Å². The Hall–Kier alpha value is -2.79. The van der Waals surface area contributed by atoms with E-state index in [1.807, 2.05) is 6.07 Å². The lowest BCUT2D eigenvalue weighted by Gasteiger charge is -1.98. The van der Waals surface area contributed by atoms with Crippen LogP contribution >= 0.6 is 0 Å². The number of hydrogen-bond acceptors (Lipinski definition) is 7. The van der Waals surface area contributed by atoms with E-state index in [-0.39, 0.29) is 14.9 Å². The molecule has 28 heavy (non-hydrogen) atoms. The molecule has 9 nitrogen and oxygen atoms in total. The fraction of sp³-hybridized carbons (Fsp3) is 0.235. The molecule has 0 fully saturated rings. The first kappa shape index (κ1) is 23.2. The van der Waals surface area contributed by atoms with E-state index < -0.39 is 20.0 Å². The van der Waals surface area contributed by atoms with Crippen LogP contribution in [0.15, 0.2) is 54.9 Å². The van der Waals surface area contributed by atoms with Crippen LogP contribution in [0.25, 0.3) is 22.1 Å². The van der Waals surface area contributed by atoms with Gasteiger partial charge < -0.3 is 0 Å². The van der Waals surface area contributed by atoms with Crippen LogP contribution < -0.4 is 0 Å². The summed E-state index contributed by atoms with van der Waals surface area (Å²) >= 11 is 0. The zero-order valence-corrected chi connectivity index (χ0v) is 15.5. The molecule has 0 saturated heterocycles. The van der Waals surface area contributed by atoms with Crippen molar-refractivity contribution in [2.45, 2.75) is 14.9 Å². The Bertz CT molecular complexity index is 1190. The van der Waals surface area contributed by atoms with Crippen molar-refractivity contribution < 1.29 is 16.8 Å². The molecule has 4 aromatic rings. The van der Waals surface area contributed by atoms with Gasteiger partial charge in [-0.1, -0.05) is 44.3 Å². The number of imidazole rings is 1. The zero-order valence-electron chi connectivity index (χ0n) is 13.9. The lowest BCUT2D eigenvalue weighted by atomic mass is 10.3. The molecule has 0 aliphatic heterocycles. The van der Waals surface area contributed by atoms with Gasteiger partial charge in [-0.25, -0.2) is 25.8 Å². The Labute approximate surface area is 164 Å². The highest BCUT2D eigenvalue weighted by Gasteiger charge is 2.11. The second kappa shape index (κ2) is 8.48. The first-order valence-electron chi connectivity index (χ1n) is 7.31. The lowest BCUT2D eigenvalue weighted by Crippen LogP contribution is -2.11. The minimum absolute atomic E-state index is 0. The molecule has 0 bridgehead atoms. The quantitative estimate of drug-likeness (QED) is 0.484. The van der Waals surface area contributed by atoms with Gasteiger partial charge in [-0.05, 0) is 24.3 Å². The van der Waals surface area contributed by atoms with Gasteiger partial charge in [0.1, 0.15) is 17.4 Å². The second-order valence-electron chi connectivity index (χ2n) is 5.48. The molecule has 0 saturated carbocycles. The summed E-state index contributed by atoms with van der Waals surface area (Å²) in [6.07, 6.45) is 3.56. The molecular formula is C17H23N5O4S2. The molecule has 0 aliphatic carbocycles.